The number of hydrogen-bond acceptors (Lipinski definition) is 4. The second-order valence-electron chi connectivity index (χ2n) is 3.52. The number of likely N-dealkylation sites (N-methyl/N-ethyl adjacent to an activating group) is 1. The summed E-state index contributed by atoms with van der Waals surface area (Å²) in [6.07, 6.45) is 1.42. The number of rotatable bonds is 4. The summed E-state index contributed by atoms with van der Waals surface area (Å²) in [5.41, 5.74) is 2.84. The number of carbonyl (C=O) groups excluding carboxylic acids is 2. The van der Waals surface area contributed by atoms with Crippen molar-refractivity contribution in [2.45, 2.75) is 6.92 Å². The van der Waals surface area contributed by atoms with E-state index >= 15 is 0 Å². The predicted molar refractivity (Wildman–Crippen MR) is 82.8 cm³/mol. The Balaban J connectivity index is 2.79. The molecule has 6 nitrogen and oxygen atoms in total. The minimum Gasteiger partial charge on any atom is -0.492 e. The molecular formula is C12H13Br2N3O3. The Bertz CT molecular complexity index is 524. The van der Waals surface area contributed by atoms with Gasteiger partial charge in [0.2, 0.25) is 0 Å². The monoisotopic (exact) mass is 405 g/mol. The lowest BCUT2D eigenvalue weighted by Crippen LogP contribution is -2.35. The molecule has 108 valence electrons. The van der Waals surface area contributed by atoms with Gasteiger partial charge >= 0.3 is 11.8 Å². The van der Waals surface area contributed by atoms with Crippen LogP contribution in [0.4, 0.5) is 0 Å². The quantitative estimate of drug-likeness (QED) is 0.454. The Morgan fingerprint density at radius 1 is 1.30 bits per heavy atom. The summed E-state index contributed by atoms with van der Waals surface area (Å²) in [6, 6.07) is 3.57. The molecule has 0 aliphatic rings. The molecule has 1 aromatic carbocycles. The van der Waals surface area contributed by atoms with Crippen molar-refractivity contribution in [3.63, 3.8) is 0 Å². The lowest BCUT2D eigenvalue weighted by atomic mass is 10.2. The number of benzene rings is 1. The van der Waals surface area contributed by atoms with Gasteiger partial charge in [0.1, 0.15) is 5.75 Å². The molecule has 0 aromatic heterocycles. The van der Waals surface area contributed by atoms with E-state index < -0.39 is 11.8 Å². The maximum Gasteiger partial charge on any atom is 0.329 e. The molecule has 2 amide bonds. The van der Waals surface area contributed by atoms with E-state index in [1.54, 1.807) is 12.1 Å². The molecule has 0 aliphatic carbocycles. The minimum absolute atomic E-state index is 0.548. The largest absolute Gasteiger partial charge is 0.492 e. The van der Waals surface area contributed by atoms with Crippen LogP contribution < -0.4 is 15.5 Å². The van der Waals surface area contributed by atoms with Crippen molar-refractivity contribution < 1.29 is 14.3 Å². The SMILES string of the molecule is CCOc1c(Br)cc(/C=N\NC(=O)C(=O)NC)cc1Br. The number of hydrogen-bond donors (Lipinski definition) is 2. The average Bonchev–Trinajstić information content (AvgIpc) is 2.41. The van der Waals surface area contributed by atoms with Gasteiger partial charge in [0.15, 0.2) is 0 Å². The first kappa shape index (κ1) is 16.6. The molecule has 0 fully saturated rings. The number of halogens is 2. The molecule has 2 N–H and O–H groups in total. The van der Waals surface area contributed by atoms with Gasteiger partial charge in [-0.15, -0.1) is 0 Å². The van der Waals surface area contributed by atoms with Crippen LogP contribution in [-0.4, -0.2) is 31.7 Å². The Labute approximate surface area is 133 Å². The molecule has 0 saturated carbocycles. The Morgan fingerprint density at radius 3 is 2.40 bits per heavy atom. The maximum absolute atomic E-state index is 11.2. The predicted octanol–water partition coefficient (Wildman–Crippen LogP) is 1.81. The summed E-state index contributed by atoms with van der Waals surface area (Å²) in [4.78, 5) is 22.1. The summed E-state index contributed by atoms with van der Waals surface area (Å²) in [5, 5.41) is 5.90. The summed E-state index contributed by atoms with van der Waals surface area (Å²) >= 11 is 6.77. The standard InChI is InChI=1S/C12H13Br2N3O3/c1-3-20-10-8(13)4-7(5-9(10)14)6-16-17-12(19)11(18)15-2/h4-6H,3H2,1-2H3,(H,15,18)(H,17,19)/b16-6-. The van der Waals surface area contributed by atoms with E-state index in [1.807, 2.05) is 6.92 Å². The van der Waals surface area contributed by atoms with Gasteiger partial charge < -0.3 is 10.1 Å². The lowest BCUT2D eigenvalue weighted by Gasteiger charge is -2.09. The molecule has 0 saturated heterocycles. The van der Waals surface area contributed by atoms with E-state index in [9.17, 15) is 9.59 Å². The van der Waals surface area contributed by atoms with Crippen LogP contribution in [0.2, 0.25) is 0 Å². The minimum atomic E-state index is -0.826. The van der Waals surface area contributed by atoms with E-state index in [4.69, 9.17) is 4.74 Å². The smallest absolute Gasteiger partial charge is 0.329 e. The second kappa shape index (κ2) is 8.01. The highest BCUT2D eigenvalue weighted by atomic mass is 79.9. The molecule has 0 heterocycles. The van der Waals surface area contributed by atoms with E-state index in [1.165, 1.54) is 13.3 Å². The third kappa shape index (κ3) is 4.61. The lowest BCUT2D eigenvalue weighted by molar-refractivity contribution is -0.138. The molecule has 8 heteroatoms. The Kier molecular flexibility index (Phi) is 6.66. The van der Waals surface area contributed by atoms with Gasteiger partial charge in [0.25, 0.3) is 0 Å². The van der Waals surface area contributed by atoms with Crippen molar-refractivity contribution >= 4 is 49.9 Å². The first-order valence-electron chi connectivity index (χ1n) is 5.66. The highest BCUT2D eigenvalue weighted by Gasteiger charge is 2.10. The number of carbonyl (C=O) groups is 2. The summed E-state index contributed by atoms with van der Waals surface area (Å²) in [5.74, 6) is -0.886. The van der Waals surface area contributed by atoms with Crippen molar-refractivity contribution in [3.8, 4) is 5.75 Å². The zero-order valence-electron chi connectivity index (χ0n) is 10.9. The number of hydrazone groups is 1. The molecule has 0 atom stereocenters. The van der Waals surface area contributed by atoms with Gasteiger partial charge in [0.05, 0.1) is 21.8 Å². The van der Waals surface area contributed by atoms with Gasteiger partial charge in [-0.2, -0.15) is 5.10 Å². The fourth-order valence-corrected chi connectivity index (χ4v) is 2.72. The molecular weight excluding hydrogens is 394 g/mol. The van der Waals surface area contributed by atoms with Crippen LogP contribution in [-0.2, 0) is 9.59 Å². The average molecular weight is 407 g/mol. The van der Waals surface area contributed by atoms with Gasteiger partial charge in [-0.3, -0.25) is 9.59 Å². The van der Waals surface area contributed by atoms with Crippen LogP contribution in [0.15, 0.2) is 26.2 Å². The topological polar surface area (TPSA) is 79.8 Å². The zero-order chi connectivity index (χ0) is 15.1. The summed E-state index contributed by atoms with van der Waals surface area (Å²) in [6.45, 7) is 2.44. The summed E-state index contributed by atoms with van der Waals surface area (Å²) < 4.78 is 6.96. The molecule has 20 heavy (non-hydrogen) atoms. The van der Waals surface area contributed by atoms with Crippen LogP contribution in [0.5, 0.6) is 5.75 Å². The van der Waals surface area contributed by atoms with Crippen LogP contribution in [0, 0.1) is 0 Å². The molecule has 0 spiro atoms. The van der Waals surface area contributed by atoms with Crippen LogP contribution >= 0.6 is 31.9 Å². The fraction of sp³-hybridized carbons (Fsp3) is 0.250. The van der Waals surface area contributed by atoms with E-state index in [2.05, 4.69) is 47.7 Å². The van der Waals surface area contributed by atoms with Crippen LogP contribution in [0.25, 0.3) is 0 Å². The van der Waals surface area contributed by atoms with Gasteiger partial charge in [-0.25, -0.2) is 5.43 Å². The van der Waals surface area contributed by atoms with Crippen LogP contribution in [0.3, 0.4) is 0 Å². The first-order valence-corrected chi connectivity index (χ1v) is 7.25. The second-order valence-corrected chi connectivity index (χ2v) is 5.23. The van der Waals surface area contributed by atoms with Crippen LogP contribution in [0.1, 0.15) is 12.5 Å². The van der Waals surface area contributed by atoms with Gasteiger partial charge in [-0.05, 0) is 56.5 Å². The first-order chi connectivity index (χ1) is 9.49. The summed E-state index contributed by atoms with van der Waals surface area (Å²) in [7, 11) is 1.37. The normalized spacial score (nSPS) is 10.4. The number of ether oxygens (including phenoxy) is 1. The van der Waals surface area contributed by atoms with Gasteiger partial charge in [-0.1, -0.05) is 0 Å². The van der Waals surface area contributed by atoms with Crippen molar-refractivity contribution in [1.82, 2.24) is 10.7 Å². The van der Waals surface area contributed by atoms with Crippen molar-refractivity contribution in [2.75, 3.05) is 13.7 Å². The number of nitrogens with one attached hydrogen (secondary N) is 2. The molecule has 0 unspecified atom stereocenters. The van der Waals surface area contributed by atoms with Crippen molar-refractivity contribution in [3.05, 3.63) is 26.6 Å². The highest BCUT2D eigenvalue weighted by Crippen LogP contribution is 2.34. The third-order valence-corrected chi connectivity index (χ3v) is 3.30. The molecule has 1 rings (SSSR count). The molecule has 0 radical (unpaired) electrons. The van der Waals surface area contributed by atoms with E-state index in [0.29, 0.717) is 12.4 Å². The molecule has 1 aromatic rings. The zero-order valence-corrected chi connectivity index (χ0v) is 14.0. The molecule has 0 bridgehead atoms. The fourth-order valence-electron chi connectivity index (χ4n) is 1.27. The Hall–Kier alpha value is -1.41. The van der Waals surface area contributed by atoms with Crippen molar-refractivity contribution in [2.24, 2.45) is 5.10 Å². The number of nitrogens with zero attached hydrogens (tertiary/aromatic N) is 1. The van der Waals surface area contributed by atoms with Crippen molar-refractivity contribution in [1.29, 1.82) is 0 Å². The Morgan fingerprint density at radius 2 is 1.90 bits per heavy atom. The maximum atomic E-state index is 11.2. The van der Waals surface area contributed by atoms with E-state index in [-0.39, 0.29) is 0 Å². The number of amides is 2. The van der Waals surface area contributed by atoms with E-state index in [0.717, 1.165) is 14.5 Å². The highest BCUT2D eigenvalue weighted by molar-refractivity contribution is 9.11. The molecule has 0 aliphatic heterocycles. The third-order valence-electron chi connectivity index (χ3n) is 2.12. The van der Waals surface area contributed by atoms with Gasteiger partial charge in [0, 0.05) is 7.05 Å².